The zero-order valence-electron chi connectivity index (χ0n) is 6.68. The third-order valence-corrected chi connectivity index (χ3v) is 0.756. The molecule has 0 heterocycles. The molecule has 1 rings (SSSR count). The molecule has 0 fully saturated rings. The Labute approximate surface area is 92.4 Å². The van der Waals surface area contributed by atoms with Gasteiger partial charge >= 0.3 is 29.6 Å². The summed E-state index contributed by atoms with van der Waals surface area (Å²) in [5.74, 6) is 0.322. The summed E-state index contributed by atoms with van der Waals surface area (Å²) < 4.78 is 0. The average Bonchev–Trinajstić information content (AvgIpc) is 1.87. The van der Waals surface area contributed by atoms with E-state index in [9.17, 15) is 0 Å². The van der Waals surface area contributed by atoms with Crippen molar-refractivity contribution in [3.8, 4) is 5.75 Å². The molecule has 0 aliphatic rings. The van der Waals surface area contributed by atoms with Crippen LogP contribution in [-0.2, 0) is 0 Å². The van der Waals surface area contributed by atoms with E-state index in [1.54, 1.807) is 24.3 Å². The monoisotopic (exact) mass is 180 g/mol. The molecule has 4 nitrogen and oxygen atoms in total. The van der Waals surface area contributed by atoms with E-state index in [4.69, 9.17) is 20.4 Å². The topological polar surface area (TPSA) is 80.9 Å². The summed E-state index contributed by atoms with van der Waals surface area (Å²) in [6.45, 7) is -1.58. The minimum absolute atomic E-state index is 0. The first-order chi connectivity index (χ1) is 5.13. The molecule has 12 heavy (non-hydrogen) atoms. The molecule has 0 radical (unpaired) electrons. The van der Waals surface area contributed by atoms with Gasteiger partial charge in [-0.05, 0) is 12.1 Å². The van der Waals surface area contributed by atoms with Crippen molar-refractivity contribution < 1.29 is 50.0 Å². The molecule has 1 aromatic rings. The van der Waals surface area contributed by atoms with E-state index in [1.807, 2.05) is 6.07 Å². The first-order valence-corrected chi connectivity index (χ1v) is 2.81. The van der Waals surface area contributed by atoms with Crippen LogP contribution in [0.5, 0.6) is 5.75 Å². The quantitative estimate of drug-likeness (QED) is 0.273. The Morgan fingerprint density at radius 3 is 1.42 bits per heavy atom. The Kier molecular flexibility index (Phi) is 10.8. The van der Waals surface area contributed by atoms with Crippen molar-refractivity contribution in [1.82, 2.24) is 0 Å². The zero-order chi connectivity index (χ0) is 8.69. The minimum atomic E-state index is -1.58. The summed E-state index contributed by atoms with van der Waals surface area (Å²) in [5.41, 5.74) is 0. The van der Waals surface area contributed by atoms with Crippen LogP contribution in [0.25, 0.3) is 0 Å². The van der Waals surface area contributed by atoms with Gasteiger partial charge in [0.05, 0.1) is 0 Å². The fraction of sp³-hybridized carbons (Fsp3) is 0. The van der Waals surface area contributed by atoms with Crippen LogP contribution < -0.4 is 29.6 Å². The maximum absolute atomic E-state index is 8.63. The molecule has 0 amide bonds. The Morgan fingerprint density at radius 2 is 1.25 bits per heavy atom. The summed E-state index contributed by atoms with van der Waals surface area (Å²) in [6, 6.07) is 8.71. The average molecular weight is 180 g/mol. The molecule has 4 N–H and O–H groups in total. The molecule has 0 spiro atoms. The van der Waals surface area contributed by atoms with E-state index in [0.717, 1.165) is 0 Å². The van der Waals surface area contributed by atoms with Gasteiger partial charge in [0.2, 0.25) is 0 Å². The van der Waals surface area contributed by atoms with Crippen LogP contribution in [0.15, 0.2) is 30.3 Å². The first-order valence-electron chi connectivity index (χ1n) is 2.81. The molecule has 5 heteroatoms. The number of hydrogen-bond acceptors (Lipinski definition) is 4. The van der Waals surface area contributed by atoms with Gasteiger partial charge in [0, 0.05) is 6.48 Å². The molecule has 0 aromatic heterocycles. The van der Waals surface area contributed by atoms with Crippen molar-refractivity contribution in [2.45, 2.75) is 0 Å². The first kappa shape index (κ1) is 14.4. The molecular weight excluding hydrogens is 171 g/mol. The van der Waals surface area contributed by atoms with Crippen molar-refractivity contribution in [2.75, 3.05) is 0 Å². The van der Waals surface area contributed by atoms with Crippen LogP contribution in [0, 0.1) is 6.48 Å². The molecule has 0 unspecified atom stereocenters. The minimum Gasteiger partial charge on any atom is -0.511 e. The van der Waals surface area contributed by atoms with Gasteiger partial charge in [-0.3, -0.25) is 0 Å². The number of rotatable bonds is 0. The van der Waals surface area contributed by atoms with Gasteiger partial charge in [-0.1, -0.05) is 18.2 Å². The Bertz CT molecular complexity index is 175. The fourth-order valence-electron chi connectivity index (χ4n) is 0.428. The standard InChI is InChI=1S/C6H6O.CH3O3.Na/c7-6-4-2-1-3-5-6;2-1(3)4;/h1-5,7H;2-4H;/q;-1;+1. The molecule has 0 aliphatic heterocycles. The second-order valence-electron chi connectivity index (χ2n) is 1.64. The Morgan fingerprint density at radius 1 is 0.917 bits per heavy atom. The largest absolute Gasteiger partial charge is 1.00 e. The summed E-state index contributed by atoms with van der Waals surface area (Å²) in [5, 5.41) is 29.9. The van der Waals surface area contributed by atoms with Crippen LogP contribution in [-0.4, -0.2) is 20.4 Å². The number of benzene rings is 1. The van der Waals surface area contributed by atoms with Gasteiger partial charge in [0.15, 0.2) is 0 Å². The molecule has 1 aromatic carbocycles. The van der Waals surface area contributed by atoms with Crippen LogP contribution in [0.1, 0.15) is 0 Å². The number of aliphatic hydroxyl groups excluding tert-OH is 1. The van der Waals surface area contributed by atoms with E-state index in [-0.39, 0.29) is 29.6 Å². The number of phenolic OH excluding ortho intramolecular Hbond substituents is 1. The van der Waals surface area contributed by atoms with Crippen molar-refractivity contribution in [3.05, 3.63) is 36.8 Å². The Balaban J connectivity index is 0. The van der Waals surface area contributed by atoms with Crippen molar-refractivity contribution in [3.63, 3.8) is 0 Å². The van der Waals surface area contributed by atoms with Crippen LogP contribution in [0.4, 0.5) is 0 Å². The van der Waals surface area contributed by atoms with Gasteiger partial charge in [-0.25, -0.2) is 0 Å². The molecule has 0 saturated carbocycles. The maximum Gasteiger partial charge on any atom is 1.00 e. The summed E-state index contributed by atoms with van der Waals surface area (Å²) >= 11 is 0. The smallest absolute Gasteiger partial charge is 0.511 e. The van der Waals surface area contributed by atoms with E-state index in [2.05, 4.69) is 0 Å². The second kappa shape index (κ2) is 8.99. The third kappa shape index (κ3) is 12.6. The molecule has 0 aliphatic carbocycles. The summed E-state index contributed by atoms with van der Waals surface area (Å²) in [4.78, 5) is 0. The van der Waals surface area contributed by atoms with E-state index < -0.39 is 6.48 Å². The van der Waals surface area contributed by atoms with Crippen LogP contribution in [0.3, 0.4) is 0 Å². The predicted octanol–water partition coefficient (Wildman–Crippen LogP) is -2.05. The zero-order valence-corrected chi connectivity index (χ0v) is 8.68. The van der Waals surface area contributed by atoms with E-state index >= 15 is 0 Å². The number of aromatic hydroxyl groups is 1. The molecule has 62 valence electrons. The second-order valence-corrected chi connectivity index (χ2v) is 1.64. The maximum atomic E-state index is 8.63. The van der Waals surface area contributed by atoms with E-state index in [1.165, 1.54) is 0 Å². The SMILES string of the molecule is O[C-](O)O.Oc1ccccc1.[Na+]. The third-order valence-electron chi connectivity index (χ3n) is 0.756. The van der Waals surface area contributed by atoms with Crippen molar-refractivity contribution >= 4 is 0 Å². The van der Waals surface area contributed by atoms with Crippen LogP contribution in [0.2, 0.25) is 0 Å². The summed E-state index contributed by atoms with van der Waals surface area (Å²) in [7, 11) is 0. The van der Waals surface area contributed by atoms with Gasteiger partial charge in [0.1, 0.15) is 5.75 Å². The van der Waals surface area contributed by atoms with Gasteiger partial charge in [-0.15, -0.1) is 0 Å². The van der Waals surface area contributed by atoms with Gasteiger partial charge in [-0.2, -0.15) is 0 Å². The van der Waals surface area contributed by atoms with Crippen molar-refractivity contribution in [1.29, 1.82) is 0 Å². The number of hydrogen-bond donors (Lipinski definition) is 4. The fourth-order valence-corrected chi connectivity index (χ4v) is 0.428. The molecule has 0 atom stereocenters. The Hall–Kier alpha value is -0.100. The molecule has 0 saturated heterocycles. The van der Waals surface area contributed by atoms with Gasteiger partial charge in [0.25, 0.3) is 0 Å². The summed E-state index contributed by atoms with van der Waals surface area (Å²) in [6.07, 6.45) is 0. The van der Waals surface area contributed by atoms with E-state index in [0.29, 0.717) is 5.75 Å². The molecular formula is C7H9NaO4. The van der Waals surface area contributed by atoms with Crippen LogP contribution >= 0.6 is 0 Å². The van der Waals surface area contributed by atoms with Gasteiger partial charge < -0.3 is 20.4 Å². The number of para-hydroxylation sites is 1. The normalized spacial score (nSPS) is 8.00. The number of aliphatic hydroxyl groups is 3. The van der Waals surface area contributed by atoms with Crippen molar-refractivity contribution in [2.24, 2.45) is 0 Å². The predicted molar refractivity (Wildman–Crippen MR) is 37.2 cm³/mol. The molecule has 0 bridgehead atoms. The number of phenols is 1.